The van der Waals surface area contributed by atoms with Crippen LogP contribution in [0.25, 0.3) is 0 Å². The van der Waals surface area contributed by atoms with Gasteiger partial charge in [0.2, 0.25) is 5.91 Å². The fourth-order valence-electron chi connectivity index (χ4n) is 5.62. The molecular weight excluding hydrogens is 454 g/mol. The first-order valence-corrected chi connectivity index (χ1v) is 12.9. The Hall–Kier alpha value is -2.88. The van der Waals surface area contributed by atoms with Crippen LogP contribution in [0.5, 0.6) is 0 Å². The van der Waals surface area contributed by atoms with Crippen LogP contribution in [0, 0.1) is 0 Å². The average Bonchev–Trinajstić information content (AvgIpc) is 3.36. The molecule has 4 atom stereocenters. The smallest absolute Gasteiger partial charge is 0.318 e. The summed E-state index contributed by atoms with van der Waals surface area (Å²) < 4.78 is 0. The van der Waals surface area contributed by atoms with Crippen molar-refractivity contribution in [1.29, 1.82) is 0 Å². The van der Waals surface area contributed by atoms with Crippen molar-refractivity contribution in [2.24, 2.45) is 0 Å². The topological polar surface area (TPSA) is 101 Å². The highest BCUT2D eigenvalue weighted by atomic mass is 16.2. The molecule has 2 aliphatic heterocycles. The van der Waals surface area contributed by atoms with Gasteiger partial charge in [-0.25, -0.2) is 10.2 Å². The van der Waals surface area contributed by atoms with Crippen LogP contribution in [-0.2, 0) is 4.79 Å². The second kappa shape index (κ2) is 11.0. The lowest BCUT2D eigenvalue weighted by Crippen LogP contribution is -2.57. The number of urea groups is 1. The Bertz CT molecular complexity index is 991. The van der Waals surface area contributed by atoms with Gasteiger partial charge < -0.3 is 25.9 Å². The average molecular weight is 496 g/mol. The molecule has 9 heteroatoms. The molecule has 1 aliphatic carbocycles. The third kappa shape index (κ3) is 5.74. The number of hydrazine groups is 1. The fourth-order valence-corrected chi connectivity index (χ4v) is 5.62. The fraction of sp³-hybridized carbons (Fsp3) is 0.556. The number of amides is 3. The molecular formula is C27H41N7O2. The van der Waals surface area contributed by atoms with Gasteiger partial charge in [0.25, 0.3) is 0 Å². The minimum absolute atomic E-state index is 0.0670. The number of nitrogens with zero attached hydrogens (tertiary/aromatic N) is 2. The summed E-state index contributed by atoms with van der Waals surface area (Å²) in [5, 5.41) is 10.0. The van der Waals surface area contributed by atoms with E-state index in [4.69, 9.17) is 0 Å². The van der Waals surface area contributed by atoms with Gasteiger partial charge in [0.05, 0.1) is 17.3 Å². The molecule has 1 unspecified atom stereocenters. The SMILES string of the molecule is C=CC(=O)N[C@@H]1CCC[C@@H](NC2NNC3=C2CN(C(=O)N[C@H](CN(C)C)c2ccccc2)C3(C)C)C1. The summed E-state index contributed by atoms with van der Waals surface area (Å²) in [5.41, 5.74) is 9.56. The van der Waals surface area contributed by atoms with E-state index < -0.39 is 5.54 Å². The molecule has 9 nitrogen and oxygen atoms in total. The summed E-state index contributed by atoms with van der Waals surface area (Å²) in [4.78, 5) is 29.3. The van der Waals surface area contributed by atoms with Gasteiger partial charge in [-0.05, 0) is 65.3 Å². The molecule has 1 saturated carbocycles. The standard InChI is InChI=1S/C27H41N7O2/c1-6-23(35)28-19-13-10-14-20(15-19)29-25-21-16-34(27(2,3)24(21)31-32-25)26(36)30-22(17-33(4)5)18-11-8-7-9-12-18/h6-9,11-12,19-20,22,25,29,31-32H,1,10,13-17H2,2-5H3,(H,28,35)(H,30,36)/t19-,20-,22-,25?/m1/s1. The van der Waals surface area contributed by atoms with Gasteiger partial charge in [-0.1, -0.05) is 36.9 Å². The summed E-state index contributed by atoms with van der Waals surface area (Å²) in [6.45, 7) is 8.97. The van der Waals surface area contributed by atoms with Crippen molar-refractivity contribution in [1.82, 2.24) is 36.6 Å². The van der Waals surface area contributed by atoms with E-state index in [0.717, 1.165) is 42.5 Å². The van der Waals surface area contributed by atoms with Gasteiger partial charge in [0.15, 0.2) is 0 Å². The normalized spacial score (nSPS) is 25.8. The number of carbonyl (C=O) groups is 2. The van der Waals surface area contributed by atoms with Gasteiger partial charge in [0.1, 0.15) is 6.17 Å². The monoisotopic (exact) mass is 495 g/mol. The zero-order chi connectivity index (χ0) is 25.9. The lowest BCUT2D eigenvalue weighted by atomic mass is 9.90. The number of carbonyl (C=O) groups excluding carboxylic acids is 2. The zero-order valence-corrected chi connectivity index (χ0v) is 21.9. The van der Waals surface area contributed by atoms with Crippen molar-refractivity contribution in [3.05, 3.63) is 59.8 Å². The molecule has 4 rings (SSSR count). The van der Waals surface area contributed by atoms with Gasteiger partial charge in [-0.2, -0.15) is 0 Å². The highest BCUT2D eigenvalue weighted by molar-refractivity contribution is 5.87. The molecule has 3 aliphatic rings. The third-order valence-corrected chi connectivity index (χ3v) is 7.53. The van der Waals surface area contributed by atoms with Crippen molar-refractivity contribution in [3.8, 4) is 0 Å². The number of nitrogens with one attached hydrogen (secondary N) is 5. The van der Waals surface area contributed by atoms with E-state index in [-0.39, 0.29) is 36.2 Å². The maximum atomic E-state index is 13.6. The van der Waals surface area contributed by atoms with Crippen molar-refractivity contribution < 1.29 is 9.59 Å². The molecule has 5 N–H and O–H groups in total. The van der Waals surface area contributed by atoms with Crippen LogP contribution in [0.1, 0.15) is 51.1 Å². The van der Waals surface area contributed by atoms with E-state index in [0.29, 0.717) is 13.1 Å². The first-order chi connectivity index (χ1) is 17.2. The molecule has 196 valence electrons. The number of hydrogen-bond acceptors (Lipinski definition) is 6. The van der Waals surface area contributed by atoms with Gasteiger partial charge in [0, 0.05) is 30.7 Å². The quantitative estimate of drug-likeness (QED) is 0.354. The third-order valence-electron chi connectivity index (χ3n) is 7.53. The summed E-state index contributed by atoms with van der Waals surface area (Å²) in [5.74, 6) is -0.117. The maximum absolute atomic E-state index is 13.6. The Labute approximate surface area is 214 Å². The first-order valence-electron chi connectivity index (χ1n) is 12.9. The van der Waals surface area contributed by atoms with E-state index in [2.05, 4.69) is 64.3 Å². The Morgan fingerprint density at radius 3 is 2.64 bits per heavy atom. The van der Waals surface area contributed by atoms with E-state index in [9.17, 15) is 9.59 Å². The molecule has 0 aromatic heterocycles. The van der Waals surface area contributed by atoms with Crippen LogP contribution in [-0.4, -0.2) is 72.7 Å². The number of likely N-dealkylation sites (N-methyl/N-ethyl adjacent to an activating group) is 1. The summed E-state index contributed by atoms with van der Waals surface area (Å²) in [6.07, 6.45) is 5.23. The van der Waals surface area contributed by atoms with E-state index in [1.165, 1.54) is 6.08 Å². The van der Waals surface area contributed by atoms with Crippen molar-refractivity contribution in [2.45, 2.75) is 69.4 Å². The molecule has 2 heterocycles. The molecule has 0 saturated heterocycles. The van der Waals surface area contributed by atoms with E-state index in [1.807, 2.05) is 37.2 Å². The Morgan fingerprint density at radius 1 is 1.22 bits per heavy atom. The van der Waals surface area contributed by atoms with Crippen LogP contribution in [0.3, 0.4) is 0 Å². The predicted molar refractivity (Wildman–Crippen MR) is 142 cm³/mol. The van der Waals surface area contributed by atoms with Gasteiger partial charge >= 0.3 is 6.03 Å². The molecule has 3 amide bonds. The molecule has 0 radical (unpaired) electrons. The summed E-state index contributed by atoms with van der Waals surface area (Å²) in [7, 11) is 4.03. The highest BCUT2D eigenvalue weighted by Crippen LogP contribution is 2.36. The Balaban J connectivity index is 1.41. The molecule has 1 aromatic rings. The van der Waals surface area contributed by atoms with Crippen LogP contribution < -0.4 is 26.8 Å². The molecule has 36 heavy (non-hydrogen) atoms. The molecule has 0 spiro atoms. The molecule has 1 aromatic carbocycles. The lowest BCUT2D eigenvalue weighted by molar-refractivity contribution is -0.117. The van der Waals surface area contributed by atoms with E-state index >= 15 is 0 Å². The zero-order valence-electron chi connectivity index (χ0n) is 21.9. The highest BCUT2D eigenvalue weighted by Gasteiger charge is 2.48. The van der Waals surface area contributed by atoms with Crippen molar-refractivity contribution >= 4 is 11.9 Å². The second-order valence-electron chi connectivity index (χ2n) is 10.9. The van der Waals surface area contributed by atoms with Crippen molar-refractivity contribution in [3.63, 3.8) is 0 Å². The lowest BCUT2D eigenvalue weighted by Gasteiger charge is -2.37. The minimum atomic E-state index is -0.477. The van der Waals surface area contributed by atoms with Crippen LogP contribution in [0.2, 0.25) is 0 Å². The second-order valence-corrected chi connectivity index (χ2v) is 10.9. The number of benzene rings is 1. The van der Waals surface area contributed by atoms with Crippen molar-refractivity contribution in [2.75, 3.05) is 27.2 Å². The number of rotatable bonds is 8. The minimum Gasteiger partial charge on any atom is -0.350 e. The van der Waals surface area contributed by atoms with E-state index in [1.54, 1.807) is 0 Å². The molecule has 0 bridgehead atoms. The maximum Gasteiger partial charge on any atom is 0.318 e. The summed E-state index contributed by atoms with van der Waals surface area (Å²) in [6, 6.07) is 10.4. The van der Waals surface area contributed by atoms with Crippen LogP contribution in [0.4, 0.5) is 4.79 Å². The van der Waals surface area contributed by atoms with Gasteiger partial charge in [-0.15, -0.1) is 0 Å². The summed E-state index contributed by atoms with van der Waals surface area (Å²) >= 11 is 0. The molecule has 1 fully saturated rings. The largest absolute Gasteiger partial charge is 0.350 e. The Kier molecular flexibility index (Phi) is 8.02. The first kappa shape index (κ1) is 26.2. The number of hydrogen-bond donors (Lipinski definition) is 5. The Morgan fingerprint density at radius 2 is 1.94 bits per heavy atom. The predicted octanol–water partition coefficient (Wildman–Crippen LogP) is 1.98. The van der Waals surface area contributed by atoms with Crippen LogP contribution >= 0.6 is 0 Å². The van der Waals surface area contributed by atoms with Crippen LogP contribution in [0.15, 0.2) is 54.3 Å². The van der Waals surface area contributed by atoms with Gasteiger partial charge in [-0.3, -0.25) is 10.1 Å².